The lowest BCUT2D eigenvalue weighted by Crippen LogP contribution is -2.44. The zero-order valence-electron chi connectivity index (χ0n) is 18.6. The Labute approximate surface area is 184 Å². The fourth-order valence-corrected chi connectivity index (χ4v) is 4.82. The normalized spacial score (nSPS) is 19.7. The van der Waals surface area contributed by atoms with E-state index in [0.29, 0.717) is 35.8 Å². The van der Waals surface area contributed by atoms with Crippen molar-refractivity contribution in [2.75, 3.05) is 12.3 Å². The molecule has 1 aliphatic heterocycles. The van der Waals surface area contributed by atoms with Gasteiger partial charge in [0, 0.05) is 18.6 Å². The predicted octanol–water partition coefficient (Wildman–Crippen LogP) is 4.47. The van der Waals surface area contributed by atoms with Crippen LogP contribution in [0.3, 0.4) is 0 Å². The molecule has 31 heavy (non-hydrogen) atoms. The molecule has 0 aliphatic carbocycles. The Hall–Kier alpha value is -2.73. The molecule has 0 bridgehead atoms. The lowest BCUT2D eigenvalue weighted by Gasteiger charge is -2.39. The molecular formula is C25H33N5O. The van der Waals surface area contributed by atoms with E-state index < -0.39 is 0 Å². The van der Waals surface area contributed by atoms with Crippen LogP contribution in [0.15, 0.2) is 47.3 Å². The molecule has 0 saturated carbocycles. The summed E-state index contributed by atoms with van der Waals surface area (Å²) < 4.78 is 1.86. The van der Waals surface area contributed by atoms with Gasteiger partial charge in [-0.05, 0) is 70.3 Å². The van der Waals surface area contributed by atoms with Gasteiger partial charge in [-0.2, -0.15) is 0 Å². The van der Waals surface area contributed by atoms with Gasteiger partial charge < -0.3 is 10.3 Å². The zero-order chi connectivity index (χ0) is 21.8. The zero-order valence-corrected chi connectivity index (χ0v) is 18.6. The summed E-state index contributed by atoms with van der Waals surface area (Å²) in [7, 11) is 0. The number of benzene rings is 1. The third-order valence-corrected chi connectivity index (χ3v) is 6.54. The quantitative estimate of drug-likeness (QED) is 0.572. The minimum atomic E-state index is -0.102. The van der Waals surface area contributed by atoms with Crippen LogP contribution in [0, 0.1) is 0 Å². The van der Waals surface area contributed by atoms with E-state index in [4.69, 9.17) is 5.73 Å². The summed E-state index contributed by atoms with van der Waals surface area (Å²) in [6.45, 7) is 6.53. The standard InChI is InChI=1S/C25H33N5O/c1-18-10-8-11-19(2)29(18)16-6-3-7-17-30-22-14-5-4-12-20(22)28-24(25(30)31)21-13-9-15-23(26)27-21/h4-5,9,12-15,18-19H,3,6-8,10-11,16-17H2,1-2H3,(H2,26,27)/t18-,19+. The molecule has 2 atom stereocenters. The highest BCUT2D eigenvalue weighted by Gasteiger charge is 2.23. The molecular weight excluding hydrogens is 386 g/mol. The van der Waals surface area contributed by atoms with Gasteiger partial charge in [0.05, 0.1) is 16.7 Å². The molecule has 0 unspecified atom stereocenters. The topological polar surface area (TPSA) is 77.0 Å². The number of pyridine rings is 1. The second-order valence-corrected chi connectivity index (χ2v) is 8.78. The lowest BCUT2D eigenvalue weighted by atomic mass is 9.97. The van der Waals surface area contributed by atoms with E-state index in [1.807, 2.05) is 28.8 Å². The molecule has 0 amide bonds. The minimum Gasteiger partial charge on any atom is -0.384 e. The van der Waals surface area contributed by atoms with Crippen LogP contribution in [-0.4, -0.2) is 38.1 Å². The van der Waals surface area contributed by atoms with E-state index in [2.05, 4.69) is 28.7 Å². The number of nitrogen functional groups attached to an aromatic ring is 1. The smallest absolute Gasteiger partial charge is 0.279 e. The number of anilines is 1. The maximum Gasteiger partial charge on any atom is 0.279 e. The maximum atomic E-state index is 13.3. The largest absolute Gasteiger partial charge is 0.384 e. The van der Waals surface area contributed by atoms with Gasteiger partial charge in [0.25, 0.3) is 5.56 Å². The van der Waals surface area contributed by atoms with Crippen LogP contribution in [0.1, 0.15) is 52.4 Å². The highest BCUT2D eigenvalue weighted by atomic mass is 16.1. The average molecular weight is 420 g/mol. The van der Waals surface area contributed by atoms with Gasteiger partial charge in [-0.25, -0.2) is 9.97 Å². The summed E-state index contributed by atoms with van der Waals surface area (Å²) in [4.78, 5) is 24.9. The second kappa shape index (κ2) is 9.60. The number of hydrogen-bond acceptors (Lipinski definition) is 5. The molecule has 1 aliphatic rings. The molecule has 6 nitrogen and oxygen atoms in total. The molecule has 0 spiro atoms. The summed E-state index contributed by atoms with van der Waals surface area (Å²) >= 11 is 0. The SMILES string of the molecule is C[C@@H]1CCC[C@H](C)N1CCCCCn1c(=O)c(-c2cccc(N)n2)nc2ccccc21. The number of unbranched alkanes of at least 4 members (excludes halogenated alkanes) is 2. The average Bonchev–Trinajstić information content (AvgIpc) is 2.76. The molecule has 1 aromatic carbocycles. The van der Waals surface area contributed by atoms with Crippen molar-refractivity contribution in [3.05, 3.63) is 52.8 Å². The van der Waals surface area contributed by atoms with Gasteiger partial charge in [-0.3, -0.25) is 9.69 Å². The van der Waals surface area contributed by atoms with Crippen LogP contribution >= 0.6 is 0 Å². The Morgan fingerprint density at radius 3 is 2.45 bits per heavy atom. The number of nitrogens with zero attached hydrogens (tertiary/aromatic N) is 4. The lowest BCUT2D eigenvalue weighted by molar-refractivity contribution is 0.101. The second-order valence-electron chi connectivity index (χ2n) is 8.78. The van der Waals surface area contributed by atoms with Crippen molar-refractivity contribution >= 4 is 16.9 Å². The molecule has 2 aromatic heterocycles. The van der Waals surface area contributed by atoms with Crippen LogP contribution in [0.25, 0.3) is 22.4 Å². The van der Waals surface area contributed by atoms with Crippen molar-refractivity contribution in [1.82, 2.24) is 19.4 Å². The first-order valence-electron chi connectivity index (χ1n) is 11.5. The molecule has 6 heteroatoms. The van der Waals surface area contributed by atoms with Gasteiger partial charge in [-0.15, -0.1) is 0 Å². The van der Waals surface area contributed by atoms with Gasteiger partial charge in [0.1, 0.15) is 5.82 Å². The first-order valence-corrected chi connectivity index (χ1v) is 11.5. The molecule has 1 saturated heterocycles. The van der Waals surface area contributed by atoms with Crippen molar-refractivity contribution in [3.8, 4) is 11.4 Å². The van der Waals surface area contributed by atoms with E-state index in [9.17, 15) is 4.79 Å². The monoisotopic (exact) mass is 419 g/mol. The Morgan fingerprint density at radius 1 is 0.935 bits per heavy atom. The van der Waals surface area contributed by atoms with Crippen molar-refractivity contribution in [2.24, 2.45) is 0 Å². The Bertz CT molecular complexity index is 1080. The number of hydrogen-bond donors (Lipinski definition) is 1. The third-order valence-electron chi connectivity index (χ3n) is 6.54. The maximum absolute atomic E-state index is 13.3. The molecule has 1 fully saturated rings. The van der Waals surface area contributed by atoms with Crippen molar-refractivity contribution in [3.63, 3.8) is 0 Å². The van der Waals surface area contributed by atoms with Crippen LogP contribution in [0.5, 0.6) is 0 Å². The Kier molecular flexibility index (Phi) is 6.66. The summed E-state index contributed by atoms with van der Waals surface area (Å²) in [6, 6.07) is 14.5. The molecule has 164 valence electrons. The van der Waals surface area contributed by atoms with Crippen LogP contribution < -0.4 is 11.3 Å². The van der Waals surface area contributed by atoms with Crippen molar-refractivity contribution < 1.29 is 0 Å². The van der Waals surface area contributed by atoms with E-state index in [1.54, 1.807) is 18.2 Å². The molecule has 0 radical (unpaired) electrons. The van der Waals surface area contributed by atoms with Gasteiger partial charge >= 0.3 is 0 Å². The molecule has 2 N–H and O–H groups in total. The van der Waals surface area contributed by atoms with E-state index in [1.165, 1.54) is 19.3 Å². The van der Waals surface area contributed by atoms with E-state index in [-0.39, 0.29) is 5.56 Å². The number of aromatic nitrogens is 3. The van der Waals surface area contributed by atoms with Crippen LogP contribution in [0.2, 0.25) is 0 Å². The fourth-order valence-electron chi connectivity index (χ4n) is 4.82. The molecule has 4 rings (SSSR count). The number of nitrogens with two attached hydrogens (primary N) is 1. The van der Waals surface area contributed by atoms with Gasteiger partial charge in [0.15, 0.2) is 5.69 Å². The van der Waals surface area contributed by atoms with Crippen molar-refractivity contribution in [2.45, 2.75) is 71.0 Å². The minimum absolute atomic E-state index is 0.102. The molecule has 3 aromatic rings. The predicted molar refractivity (Wildman–Crippen MR) is 127 cm³/mol. The third kappa shape index (κ3) is 4.79. The van der Waals surface area contributed by atoms with Crippen LogP contribution in [-0.2, 0) is 6.54 Å². The summed E-state index contributed by atoms with van der Waals surface area (Å²) in [5.74, 6) is 0.388. The number of para-hydroxylation sites is 2. The summed E-state index contributed by atoms with van der Waals surface area (Å²) in [5.41, 5.74) is 8.30. The number of piperidine rings is 1. The van der Waals surface area contributed by atoms with Gasteiger partial charge in [-0.1, -0.05) is 31.0 Å². The highest BCUT2D eigenvalue weighted by molar-refractivity contribution is 5.77. The summed E-state index contributed by atoms with van der Waals surface area (Å²) in [5, 5.41) is 0. The first-order chi connectivity index (χ1) is 15.0. The number of fused-ring (bicyclic) bond motifs is 1. The Balaban J connectivity index is 1.49. The highest BCUT2D eigenvalue weighted by Crippen LogP contribution is 2.23. The molecule has 3 heterocycles. The van der Waals surface area contributed by atoms with Gasteiger partial charge in [0.2, 0.25) is 0 Å². The first kappa shape index (κ1) is 21.5. The number of likely N-dealkylation sites (tertiary alicyclic amines) is 1. The Morgan fingerprint density at radius 2 is 1.68 bits per heavy atom. The summed E-state index contributed by atoms with van der Waals surface area (Å²) in [6.07, 6.45) is 7.20. The van der Waals surface area contributed by atoms with Crippen LogP contribution in [0.4, 0.5) is 5.82 Å². The number of aryl methyl sites for hydroxylation is 1. The van der Waals surface area contributed by atoms with E-state index in [0.717, 1.165) is 36.8 Å². The van der Waals surface area contributed by atoms with E-state index >= 15 is 0 Å². The number of rotatable bonds is 7. The van der Waals surface area contributed by atoms with Crippen molar-refractivity contribution in [1.29, 1.82) is 0 Å². The fraction of sp³-hybridized carbons (Fsp3) is 0.480.